The van der Waals surface area contributed by atoms with Crippen molar-refractivity contribution in [2.24, 2.45) is 0 Å². The van der Waals surface area contributed by atoms with Crippen LogP contribution in [0.4, 0.5) is 11.4 Å². The second-order valence-corrected chi connectivity index (χ2v) is 6.61. The Kier molecular flexibility index (Phi) is 4.48. The first-order valence-electron chi connectivity index (χ1n) is 8.60. The molecular weight excluding hydrogens is 328 g/mol. The summed E-state index contributed by atoms with van der Waals surface area (Å²) >= 11 is 5.41. The first-order chi connectivity index (χ1) is 12.3. The third kappa shape index (κ3) is 3.42. The van der Waals surface area contributed by atoms with E-state index in [0.29, 0.717) is 5.11 Å². The van der Waals surface area contributed by atoms with E-state index in [-0.39, 0.29) is 0 Å². The van der Waals surface area contributed by atoms with Crippen molar-refractivity contribution < 1.29 is 0 Å². The predicted octanol–water partition coefficient (Wildman–Crippen LogP) is 4.43. The van der Waals surface area contributed by atoms with Crippen LogP contribution in [0.2, 0.25) is 0 Å². The number of nitrogens with one attached hydrogen (secondary N) is 3. The van der Waals surface area contributed by atoms with Crippen LogP contribution >= 0.6 is 12.2 Å². The minimum atomic E-state index is 0.539. The van der Waals surface area contributed by atoms with Gasteiger partial charge in [0.05, 0.1) is 11.2 Å². The van der Waals surface area contributed by atoms with Crippen LogP contribution in [-0.2, 0) is 12.8 Å². The second kappa shape index (κ2) is 7.07. The molecule has 2 aromatic carbocycles. The molecule has 0 atom stereocenters. The molecule has 0 bridgehead atoms. The van der Waals surface area contributed by atoms with E-state index in [1.807, 2.05) is 42.5 Å². The number of hydrogen-bond donors (Lipinski definition) is 3. The fourth-order valence-electron chi connectivity index (χ4n) is 3.32. The summed E-state index contributed by atoms with van der Waals surface area (Å²) in [5.41, 5.74) is 12.1. The number of hydrogen-bond acceptors (Lipinski definition) is 3. The Morgan fingerprint density at radius 1 is 0.920 bits per heavy atom. The summed E-state index contributed by atoms with van der Waals surface area (Å²) in [6, 6.07) is 18.2. The van der Waals surface area contributed by atoms with E-state index in [4.69, 9.17) is 17.2 Å². The number of para-hydroxylation sites is 2. The summed E-state index contributed by atoms with van der Waals surface area (Å²) < 4.78 is 0. The van der Waals surface area contributed by atoms with Gasteiger partial charge in [0.25, 0.3) is 0 Å². The zero-order chi connectivity index (χ0) is 17.1. The first-order valence-corrected chi connectivity index (χ1v) is 9.00. The molecule has 4 nitrogen and oxygen atoms in total. The van der Waals surface area contributed by atoms with Crippen LogP contribution in [0.15, 0.2) is 54.6 Å². The molecule has 1 aliphatic carbocycles. The highest BCUT2D eigenvalue weighted by molar-refractivity contribution is 7.80. The molecule has 126 valence electrons. The van der Waals surface area contributed by atoms with E-state index >= 15 is 0 Å². The Balaban J connectivity index is 1.59. The minimum absolute atomic E-state index is 0.539. The van der Waals surface area contributed by atoms with Crippen LogP contribution in [-0.4, -0.2) is 10.1 Å². The van der Waals surface area contributed by atoms with Gasteiger partial charge >= 0.3 is 0 Å². The van der Waals surface area contributed by atoms with Gasteiger partial charge in [-0.2, -0.15) is 0 Å². The van der Waals surface area contributed by atoms with Crippen molar-refractivity contribution in [2.75, 3.05) is 10.7 Å². The highest BCUT2D eigenvalue weighted by Crippen LogP contribution is 2.32. The van der Waals surface area contributed by atoms with Gasteiger partial charge in [0, 0.05) is 16.8 Å². The average molecular weight is 348 g/mol. The number of benzene rings is 2. The van der Waals surface area contributed by atoms with Gasteiger partial charge in [-0.25, -0.2) is 0 Å². The largest absolute Gasteiger partial charge is 0.331 e. The van der Waals surface area contributed by atoms with Crippen molar-refractivity contribution in [2.45, 2.75) is 25.7 Å². The fraction of sp³-hybridized carbons (Fsp3) is 0.200. The zero-order valence-electron chi connectivity index (χ0n) is 13.9. The quantitative estimate of drug-likeness (QED) is 0.483. The maximum Gasteiger partial charge on any atom is 0.189 e. The number of pyridine rings is 1. The SMILES string of the molecule is S=C(NNc1c2c(nc3ccccc13)CCCC2)Nc1ccccc1. The molecule has 0 spiro atoms. The lowest BCUT2D eigenvalue weighted by atomic mass is 9.93. The number of aromatic nitrogens is 1. The van der Waals surface area contributed by atoms with Crippen molar-refractivity contribution in [1.82, 2.24) is 10.4 Å². The van der Waals surface area contributed by atoms with E-state index in [9.17, 15) is 0 Å². The summed E-state index contributed by atoms with van der Waals surface area (Å²) in [6.07, 6.45) is 4.51. The normalized spacial score (nSPS) is 13.1. The third-order valence-electron chi connectivity index (χ3n) is 4.50. The van der Waals surface area contributed by atoms with Gasteiger partial charge in [0.2, 0.25) is 0 Å². The predicted molar refractivity (Wildman–Crippen MR) is 108 cm³/mol. The standard InChI is InChI=1S/C20H20N4S/c25-20(21-14-8-2-1-3-9-14)24-23-19-15-10-4-6-12-17(15)22-18-13-7-5-11-16(18)19/h1-4,6,8-10,12H,5,7,11,13H2,(H,22,23)(H2,21,24,25). The summed E-state index contributed by atoms with van der Waals surface area (Å²) in [5, 5.41) is 4.84. The molecule has 1 heterocycles. The van der Waals surface area contributed by atoms with Gasteiger partial charge < -0.3 is 5.32 Å². The molecule has 0 saturated heterocycles. The van der Waals surface area contributed by atoms with Crippen LogP contribution in [0.3, 0.4) is 0 Å². The molecular formula is C20H20N4S. The van der Waals surface area contributed by atoms with Crippen molar-refractivity contribution >= 4 is 39.6 Å². The van der Waals surface area contributed by atoms with Gasteiger partial charge in [-0.15, -0.1) is 0 Å². The minimum Gasteiger partial charge on any atom is -0.331 e. The molecule has 0 unspecified atom stereocenters. The Morgan fingerprint density at radius 2 is 1.68 bits per heavy atom. The van der Waals surface area contributed by atoms with Crippen molar-refractivity contribution in [3.05, 3.63) is 65.9 Å². The summed E-state index contributed by atoms with van der Waals surface area (Å²) in [5.74, 6) is 0. The highest BCUT2D eigenvalue weighted by Gasteiger charge is 2.18. The lowest BCUT2D eigenvalue weighted by Gasteiger charge is -2.22. The highest BCUT2D eigenvalue weighted by atomic mass is 32.1. The topological polar surface area (TPSA) is 49.0 Å². The third-order valence-corrected chi connectivity index (χ3v) is 4.71. The molecule has 5 heteroatoms. The molecule has 0 radical (unpaired) electrons. The van der Waals surface area contributed by atoms with Gasteiger partial charge in [0.15, 0.2) is 5.11 Å². The summed E-state index contributed by atoms with van der Waals surface area (Å²) in [4.78, 5) is 4.86. The number of aryl methyl sites for hydroxylation is 1. The second-order valence-electron chi connectivity index (χ2n) is 6.21. The van der Waals surface area contributed by atoms with E-state index in [1.165, 1.54) is 24.1 Å². The summed E-state index contributed by atoms with van der Waals surface area (Å²) in [6.45, 7) is 0. The monoisotopic (exact) mass is 348 g/mol. The van der Waals surface area contributed by atoms with E-state index in [2.05, 4.69) is 28.3 Å². The van der Waals surface area contributed by atoms with Gasteiger partial charge in [-0.3, -0.25) is 15.8 Å². The maximum absolute atomic E-state index is 5.41. The van der Waals surface area contributed by atoms with Crippen LogP contribution in [0, 0.1) is 0 Å². The lowest BCUT2D eigenvalue weighted by Crippen LogP contribution is -2.34. The molecule has 4 rings (SSSR count). The molecule has 0 saturated carbocycles. The first kappa shape index (κ1) is 15.8. The molecule has 0 aliphatic heterocycles. The average Bonchev–Trinajstić information content (AvgIpc) is 2.66. The number of thiocarbonyl (C=S) groups is 1. The van der Waals surface area contributed by atoms with Gasteiger partial charge in [-0.1, -0.05) is 36.4 Å². The van der Waals surface area contributed by atoms with E-state index < -0.39 is 0 Å². The Bertz CT molecular complexity index is 908. The van der Waals surface area contributed by atoms with Crippen LogP contribution in [0.1, 0.15) is 24.1 Å². The molecule has 3 aromatic rings. The number of hydrazine groups is 1. The molecule has 1 aromatic heterocycles. The lowest BCUT2D eigenvalue weighted by molar-refractivity contribution is 0.671. The van der Waals surface area contributed by atoms with Crippen LogP contribution in [0.5, 0.6) is 0 Å². The zero-order valence-corrected chi connectivity index (χ0v) is 14.7. The molecule has 1 aliphatic rings. The number of rotatable bonds is 3. The molecule has 0 amide bonds. The maximum atomic E-state index is 5.41. The molecule has 25 heavy (non-hydrogen) atoms. The van der Waals surface area contributed by atoms with E-state index in [1.54, 1.807) is 0 Å². The fourth-order valence-corrected chi connectivity index (χ4v) is 3.49. The van der Waals surface area contributed by atoms with Crippen molar-refractivity contribution in [3.63, 3.8) is 0 Å². The number of anilines is 2. The Hall–Kier alpha value is -2.66. The van der Waals surface area contributed by atoms with Gasteiger partial charge in [0.1, 0.15) is 0 Å². The smallest absolute Gasteiger partial charge is 0.189 e. The molecule has 0 fully saturated rings. The summed E-state index contributed by atoms with van der Waals surface area (Å²) in [7, 11) is 0. The number of fused-ring (bicyclic) bond motifs is 2. The van der Waals surface area contributed by atoms with Crippen molar-refractivity contribution in [3.8, 4) is 0 Å². The Morgan fingerprint density at radius 3 is 2.56 bits per heavy atom. The van der Waals surface area contributed by atoms with Crippen LogP contribution in [0.25, 0.3) is 10.9 Å². The number of nitrogens with zero attached hydrogens (tertiary/aromatic N) is 1. The van der Waals surface area contributed by atoms with Crippen LogP contribution < -0.4 is 16.2 Å². The van der Waals surface area contributed by atoms with E-state index in [0.717, 1.165) is 35.1 Å². The van der Waals surface area contributed by atoms with Crippen molar-refractivity contribution in [1.29, 1.82) is 0 Å². The Labute approximate surface area is 152 Å². The molecule has 3 N–H and O–H groups in total. The van der Waals surface area contributed by atoms with Gasteiger partial charge in [-0.05, 0) is 61.7 Å².